The molecule has 0 spiro atoms. The lowest BCUT2D eigenvalue weighted by Gasteiger charge is -2.14. The van der Waals surface area contributed by atoms with Gasteiger partial charge in [-0.1, -0.05) is 36.0 Å². The van der Waals surface area contributed by atoms with Crippen molar-refractivity contribution in [1.82, 2.24) is 9.55 Å². The fraction of sp³-hybridized carbons (Fsp3) is 0.300. The summed E-state index contributed by atoms with van der Waals surface area (Å²) in [5.74, 6) is -0.00610. The first-order valence-corrected chi connectivity index (χ1v) is 9.37. The summed E-state index contributed by atoms with van der Waals surface area (Å²) in [5, 5.41) is 3.69. The van der Waals surface area contributed by atoms with E-state index in [-0.39, 0.29) is 11.2 Å². The largest absolute Gasteiger partial charge is 0.325 e. The van der Waals surface area contributed by atoms with Crippen molar-refractivity contribution in [3.8, 4) is 0 Å². The summed E-state index contributed by atoms with van der Waals surface area (Å²) in [6, 6.07) is 14.2. The van der Waals surface area contributed by atoms with Crippen molar-refractivity contribution in [3.05, 3.63) is 53.6 Å². The Hall–Kier alpha value is -2.27. The number of thioether (sulfide) groups is 1. The molecule has 1 heterocycles. The minimum absolute atomic E-state index is 0.00610. The maximum absolute atomic E-state index is 12.6. The normalized spacial score (nSPS) is 12.3. The molecule has 5 heteroatoms. The van der Waals surface area contributed by atoms with Gasteiger partial charge in [0.1, 0.15) is 0 Å². The second-order valence-electron chi connectivity index (χ2n) is 6.20. The quantitative estimate of drug-likeness (QED) is 0.671. The van der Waals surface area contributed by atoms with Gasteiger partial charge in [-0.15, -0.1) is 0 Å². The van der Waals surface area contributed by atoms with Gasteiger partial charge in [-0.2, -0.15) is 0 Å². The molecule has 1 N–H and O–H groups in total. The van der Waals surface area contributed by atoms with Crippen LogP contribution in [0.15, 0.2) is 47.6 Å². The van der Waals surface area contributed by atoms with Crippen LogP contribution < -0.4 is 5.32 Å². The van der Waals surface area contributed by atoms with Crippen LogP contribution in [0.1, 0.15) is 25.0 Å². The van der Waals surface area contributed by atoms with Crippen molar-refractivity contribution in [1.29, 1.82) is 0 Å². The lowest BCUT2D eigenvalue weighted by Crippen LogP contribution is -2.23. The number of anilines is 1. The second-order valence-corrected chi connectivity index (χ2v) is 7.50. The van der Waals surface area contributed by atoms with Crippen molar-refractivity contribution in [3.63, 3.8) is 0 Å². The van der Waals surface area contributed by atoms with E-state index in [1.807, 2.05) is 57.2 Å². The van der Waals surface area contributed by atoms with Gasteiger partial charge in [-0.05, 0) is 57.0 Å². The molecule has 0 aliphatic heterocycles. The van der Waals surface area contributed by atoms with Crippen LogP contribution in [0, 0.1) is 13.8 Å². The van der Waals surface area contributed by atoms with Gasteiger partial charge in [0.15, 0.2) is 5.16 Å². The Labute approximate surface area is 152 Å². The van der Waals surface area contributed by atoms with E-state index in [9.17, 15) is 4.79 Å². The molecule has 1 atom stereocenters. The third-order valence-electron chi connectivity index (χ3n) is 4.24. The van der Waals surface area contributed by atoms with Crippen LogP contribution in [0.2, 0.25) is 0 Å². The zero-order valence-corrected chi connectivity index (χ0v) is 15.9. The van der Waals surface area contributed by atoms with E-state index in [0.717, 1.165) is 39.5 Å². The number of hydrogen-bond acceptors (Lipinski definition) is 3. The average molecular weight is 353 g/mol. The highest BCUT2D eigenvalue weighted by atomic mass is 32.2. The molecule has 0 bridgehead atoms. The molecular formula is C20H23N3OS. The van der Waals surface area contributed by atoms with Crippen LogP contribution in [0.3, 0.4) is 0 Å². The van der Waals surface area contributed by atoms with E-state index in [1.54, 1.807) is 0 Å². The van der Waals surface area contributed by atoms with Gasteiger partial charge >= 0.3 is 0 Å². The number of aromatic nitrogens is 2. The summed E-state index contributed by atoms with van der Waals surface area (Å²) in [7, 11) is 0. The third-order valence-corrected chi connectivity index (χ3v) is 5.33. The first-order chi connectivity index (χ1) is 12.0. The van der Waals surface area contributed by atoms with E-state index in [0.29, 0.717) is 0 Å². The molecule has 0 saturated carbocycles. The van der Waals surface area contributed by atoms with Gasteiger partial charge in [-0.25, -0.2) is 4.98 Å². The van der Waals surface area contributed by atoms with E-state index < -0.39 is 0 Å². The van der Waals surface area contributed by atoms with E-state index >= 15 is 0 Å². The van der Waals surface area contributed by atoms with E-state index in [4.69, 9.17) is 4.98 Å². The molecule has 4 nitrogen and oxygen atoms in total. The fourth-order valence-corrected chi connectivity index (χ4v) is 3.75. The van der Waals surface area contributed by atoms with E-state index in [1.165, 1.54) is 11.8 Å². The average Bonchev–Trinajstić information content (AvgIpc) is 2.95. The van der Waals surface area contributed by atoms with E-state index in [2.05, 4.69) is 22.9 Å². The molecule has 0 aliphatic rings. The minimum atomic E-state index is -0.234. The molecule has 25 heavy (non-hydrogen) atoms. The molecular weight excluding hydrogens is 330 g/mol. The van der Waals surface area contributed by atoms with Crippen LogP contribution >= 0.6 is 11.8 Å². The Bertz CT molecular complexity index is 916. The SMILES string of the molecule is CCn1c(SC(C)C(=O)Nc2cc(C)ccc2C)nc2ccccc21. The number of rotatable bonds is 5. The molecule has 0 fully saturated rings. The number of benzene rings is 2. The molecule has 130 valence electrons. The molecule has 0 saturated heterocycles. The molecule has 1 amide bonds. The Morgan fingerprint density at radius 1 is 1.24 bits per heavy atom. The number of para-hydroxylation sites is 2. The zero-order valence-electron chi connectivity index (χ0n) is 15.0. The highest BCUT2D eigenvalue weighted by Gasteiger charge is 2.19. The minimum Gasteiger partial charge on any atom is -0.325 e. The summed E-state index contributed by atoms with van der Waals surface area (Å²) in [6.45, 7) is 8.87. The first kappa shape index (κ1) is 17.5. The van der Waals surface area contributed by atoms with Crippen molar-refractivity contribution in [2.24, 2.45) is 0 Å². The Balaban J connectivity index is 1.79. The predicted molar refractivity (Wildman–Crippen MR) is 105 cm³/mol. The molecule has 3 aromatic rings. The van der Waals surface area contributed by atoms with Gasteiger partial charge in [-0.3, -0.25) is 4.79 Å². The molecule has 1 aromatic heterocycles. The number of carbonyl (C=O) groups is 1. The number of nitrogens with zero attached hydrogens (tertiary/aromatic N) is 2. The van der Waals surface area contributed by atoms with Crippen molar-refractivity contribution < 1.29 is 4.79 Å². The van der Waals surface area contributed by atoms with Gasteiger partial charge in [0.05, 0.1) is 16.3 Å². The molecule has 0 aliphatic carbocycles. The van der Waals surface area contributed by atoms with Gasteiger partial charge in [0.25, 0.3) is 0 Å². The van der Waals surface area contributed by atoms with Gasteiger partial charge < -0.3 is 9.88 Å². The number of amides is 1. The third kappa shape index (κ3) is 3.71. The van der Waals surface area contributed by atoms with Crippen molar-refractivity contribution in [2.45, 2.75) is 44.6 Å². The maximum atomic E-state index is 12.6. The number of imidazole rings is 1. The summed E-state index contributed by atoms with van der Waals surface area (Å²) in [4.78, 5) is 17.3. The molecule has 1 unspecified atom stereocenters. The van der Waals surface area contributed by atoms with Crippen LogP contribution in [-0.2, 0) is 11.3 Å². The number of carbonyl (C=O) groups excluding carboxylic acids is 1. The van der Waals surface area contributed by atoms with Crippen LogP contribution in [0.25, 0.3) is 11.0 Å². The molecule has 0 radical (unpaired) electrons. The lowest BCUT2D eigenvalue weighted by atomic mass is 10.1. The highest BCUT2D eigenvalue weighted by Crippen LogP contribution is 2.28. The van der Waals surface area contributed by atoms with Crippen LogP contribution in [0.4, 0.5) is 5.69 Å². The number of nitrogens with one attached hydrogen (secondary N) is 1. The van der Waals surface area contributed by atoms with Gasteiger partial charge in [0, 0.05) is 12.2 Å². The predicted octanol–water partition coefficient (Wildman–Crippen LogP) is 4.79. The zero-order chi connectivity index (χ0) is 18.0. The number of hydrogen-bond donors (Lipinski definition) is 1. The Morgan fingerprint density at radius 2 is 2.00 bits per heavy atom. The monoisotopic (exact) mass is 353 g/mol. The van der Waals surface area contributed by atoms with Crippen molar-refractivity contribution in [2.75, 3.05) is 5.32 Å². The van der Waals surface area contributed by atoms with Gasteiger partial charge in [0.2, 0.25) is 5.91 Å². The maximum Gasteiger partial charge on any atom is 0.237 e. The summed E-state index contributed by atoms with van der Waals surface area (Å²) in [5.41, 5.74) is 5.15. The summed E-state index contributed by atoms with van der Waals surface area (Å²) >= 11 is 1.50. The van der Waals surface area contributed by atoms with Crippen LogP contribution in [0.5, 0.6) is 0 Å². The molecule has 2 aromatic carbocycles. The molecule has 3 rings (SSSR count). The van der Waals surface area contributed by atoms with Crippen molar-refractivity contribution >= 4 is 34.4 Å². The highest BCUT2D eigenvalue weighted by molar-refractivity contribution is 8.00. The Kier molecular flexibility index (Phi) is 5.13. The number of fused-ring (bicyclic) bond motifs is 1. The lowest BCUT2D eigenvalue weighted by molar-refractivity contribution is -0.115. The first-order valence-electron chi connectivity index (χ1n) is 8.49. The number of aryl methyl sites for hydroxylation is 3. The Morgan fingerprint density at radius 3 is 2.76 bits per heavy atom. The van der Waals surface area contributed by atoms with Crippen LogP contribution in [-0.4, -0.2) is 20.7 Å². The topological polar surface area (TPSA) is 46.9 Å². The second kappa shape index (κ2) is 7.31. The summed E-state index contributed by atoms with van der Waals surface area (Å²) in [6.07, 6.45) is 0. The summed E-state index contributed by atoms with van der Waals surface area (Å²) < 4.78 is 2.15. The fourth-order valence-electron chi connectivity index (χ4n) is 2.77. The smallest absolute Gasteiger partial charge is 0.237 e. The standard InChI is InChI=1S/C20H23N3OS/c1-5-23-18-9-7-6-8-16(18)22-20(23)25-15(4)19(24)21-17-12-13(2)10-11-14(17)3/h6-12,15H,5H2,1-4H3,(H,21,24).